The zero-order valence-electron chi connectivity index (χ0n) is 10.1. The topological polar surface area (TPSA) is 57.4 Å². The number of hydrogen-bond donors (Lipinski definition) is 1. The van der Waals surface area contributed by atoms with E-state index in [0.717, 1.165) is 18.6 Å². The van der Waals surface area contributed by atoms with E-state index in [-0.39, 0.29) is 17.1 Å². The number of nitrogen functional groups attached to an aromatic ring is 1. The zero-order valence-corrected chi connectivity index (χ0v) is 10.9. The molecule has 1 aromatic carbocycles. The molecule has 1 atom stereocenters. The van der Waals surface area contributed by atoms with Crippen molar-refractivity contribution in [1.29, 1.82) is 0 Å². The molecule has 0 saturated heterocycles. The van der Waals surface area contributed by atoms with Gasteiger partial charge in [0.15, 0.2) is 6.10 Å². The van der Waals surface area contributed by atoms with Crippen LogP contribution in [0.2, 0.25) is 0 Å². The Hall–Kier alpha value is -1.54. The molecular formula is C11H11F3N2O2S. The van der Waals surface area contributed by atoms with Crippen LogP contribution in [0.25, 0.3) is 10.1 Å². The molecule has 0 spiro atoms. The van der Waals surface area contributed by atoms with Crippen molar-refractivity contribution < 1.29 is 22.6 Å². The Balaban J connectivity index is 2.69. The second-order valence-electron chi connectivity index (χ2n) is 3.79. The maximum atomic E-state index is 12.9. The Morgan fingerprint density at radius 3 is 2.53 bits per heavy atom. The summed E-state index contributed by atoms with van der Waals surface area (Å²) in [5, 5.41) is 0.385. The molecule has 0 bridgehead atoms. The highest BCUT2D eigenvalue weighted by Gasteiger charge is 2.43. The smallest absolute Gasteiger partial charge is 0.418 e. The number of anilines is 1. The maximum absolute atomic E-state index is 12.9. The lowest BCUT2D eigenvalue weighted by Crippen LogP contribution is -2.23. The van der Waals surface area contributed by atoms with E-state index in [1.54, 1.807) is 0 Å². The third-order valence-corrected chi connectivity index (χ3v) is 3.49. The first-order valence-electron chi connectivity index (χ1n) is 5.21. The van der Waals surface area contributed by atoms with Crippen molar-refractivity contribution in [2.24, 2.45) is 0 Å². The number of aromatic nitrogens is 1. The molecule has 0 amide bonds. The summed E-state index contributed by atoms with van der Waals surface area (Å²) < 4.78 is 53.0. The summed E-state index contributed by atoms with van der Waals surface area (Å²) in [5.74, 6) is 0.198. The lowest BCUT2D eigenvalue weighted by atomic mass is 10.0. The van der Waals surface area contributed by atoms with Gasteiger partial charge in [-0.15, -0.1) is 0 Å². The second kappa shape index (κ2) is 4.86. The Labute approximate surface area is 111 Å². The number of nitrogens with two attached hydrogens (primary N) is 1. The van der Waals surface area contributed by atoms with E-state index in [4.69, 9.17) is 10.5 Å². The number of fused-ring (bicyclic) bond motifs is 1. The van der Waals surface area contributed by atoms with Crippen LogP contribution in [0, 0.1) is 0 Å². The van der Waals surface area contributed by atoms with E-state index in [1.165, 1.54) is 19.2 Å². The van der Waals surface area contributed by atoms with Crippen molar-refractivity contribution in [1.82, 2.24) is 4.37 Å². The van der Waals surface area contributed by atoms with Crippen LogP contribution in [0.15, 0.2) is 12.1 Å². The molecule has 0 radical (unpaired) electrons. The monoisotopic (exact) mass is 292 g/mol. The van der Waals surface area contributed by atoms with Crippen LogP contribution >= 0.6 is 11.5 Å². The van der Waals surface area contributed by atoms with Gasteiger partial charge >= 0.3 is 6.18 Å². The Bertz CT molecular complexity index is 597. The SMILES string of the molecule is COc1c(C(OC)C(F)(F)F)ccc2snc(N)c12. The maximum Gasteiger partial charge on any atom is 0.418 e. The van der Waals surface area contributed by atoms with Crippen molar-refractivity contribution in [2.45, 2.75) is 12.3 Å². The van der Waals surface area contributed by atoms with Crippen molar-refractivity contribution in [3.05, 3.63) is 17.7 Å². The average molecular weight is 292 g/mol. The molecule has 1 unspecified atom stereocenters. The molecule has 2 N–H and O–H groups in total. The third kappa shape index (κ3) is 2.33. The minimum atomic E-state index is -4.53. The van der Waals surface area contributed by atoms with E-state index in [9.17, 15) is 13.2 Å². The van der Waals surface area contributed by atoms with E-state index >= 15 is 0 Å². The van der Waals surface area contributed by atoms with Gasteiger partial charge in [0.1, 0.15) is 11.6 Å². The van der Waals surface area contributed by atoms with Crippen molar-refractivity contribution in [3.8, 4) is 5.75 Å². The summed E-state index contributed by atoms with van der Waals surface area (Å²) in [6.07, 6.45) is -6.60. The van der Waals surface area contributed by atoms with Gasteiger partial charge in [-0.3, -0.25) is 0 Å². The average Bonchev–Trinajstić information content (AvgIpc) is 2.70. The van der Waals surface area contributed by atoms with Gasteiger partial charge in [0.2, 0.25) is 0 Å². The number of methoxy groups -OCH3 is 2. The minimum absolute atomic E-state index is 0.0490. The summed E-state index contributed by atoms with van der Waals surface area (Å²) >= 11 is 1.10. The molecule has 8 heteroatoms. The molecule has 1 aromatic heterocycles. The predicted octanol–water partition coefficient (Wildman–Crippen LogP) is 3.14. The zero-order chi connectivity index (χ0) is 14.2. The number of benzene rings is 1. The fraction of sp³-hybridized carbons (Fsp3) is 0.364. The summed E-state index contributed by atoms with van der Waals surface area (Å²) in [7, 11) is 2.29. The Morgan fingerprint density at radius 2 is 2.00 bits per heavy atom. The molecule has 2 aromatic rings. The summed E-state index contributed by atoms with van der Waals surface area (Å²) in [6, 6.07) is 2.85. The van der Waals surface area contributed by atoms with Crippen LogP contribution in [0.4, 0.5) is 19.0 Å². The molecule has 19 heavy (non-hydrogen) atoms. The van der Waals surface area contributed by atoms with Gasteiger partial charge in [0, 0.05) is 12.7 Å². The molecular weight excluding hydrogens is 281 g/mol. The van der Waals surface area contributed by atoms with Gasteiger partial charge in [-0.1, -0.05) is 6.07 Å². The van der Waals surface area contributed by atoms with Crippen LogP contribution in [0.1, 0.15) is 11.7 Å². The highest BCUT2D eigenvalue weighted by molar-refractivity contribution is 7.13. The number of ether oxygens (including phenoxy) is 2. The van der Waals surface area contributed by atoms with Gasteiger partial charge in [-0.05, 0) is 17.6 Å². The van der Waals surface area contributed by atoms with Crippen LogP contribution in [-0.2, 0) is 4.74 Å². The van der Waals surface area contributed by atoms with Crippen molar-refractivity contribution >= 4 is 27.4 Å². The van der Waals surface area contributed by atoms with E-state index in [2.05, 4.69) is 9.11 Å². The van der Waals surface area contributed by atoms with Crippen LogP contribution < -0.4 is 10.5 Å². The summed E-state index contributed by atoms with van der Waals surface area (Å²) in [5.41, 5.74) is 5.56. The van der Waals surface area contributed by atoms with Crippen molar-refractivity contribution in [3.63, 3.8) is 0 Å². The fourth-order valence-electron chi connectivity index (χ4n) is 1.91. The highest BCUT2D eigenvalue weighted by Crippen LogP contribution is 2.44. The van der Waals surface area contributed by atoms with Gasteiger partial charge < -0.3 is 15.2 Å². The molecule has 0 fully saturated rings. The summed E-state index contributed by atoms with van der Waals surface area (Å²) in [6.45, 7) is 0. The van der Waals surface area contributed by atoms with Crippen LogP contribution in [-0.4, -0.2) is 24.8 Å². The molecule has 0 saturated carbocycles. The van der Waals surface area contributed by atoms with Crippen molar-refractivity contribution in [2.75, 3.05) is 20.0 Å². The predicted molar refractivity (Wildman–Crippen MR) is 66.4 cm³/mol. The Morgan fingerprint density at radius 1 is 1.32 bits per heavy atom. The molecule has 4 nitrogen and oxygen atoms in total. The number of halogens is 3. The first-order chi connectivity index (χ1) is 8.90. The number of rotatable bonds is 3. The number of nitrogens with zero attached hydrogens (tertiary/aromatic N) is 1. The Kier molecular flexibility index (Phi) is 3.55. The number of alkyl halides is 3. The second-order valence-corrected chi connectivity index (χ2v) is 4.59. The lowest BCUT2D eigenvalue weighted by Gasteiger charge is -2.21. The van der Waals surface area contributed by atoms with Gasteiger partial charge in [0.25, 0.3) is 0 Å². The minimum Gasteiger partial charge on any atom is -0.496 e. The van der Waals surface area contributed by atoms with E-state index in [1.807, 2.05) is 0 Å². The highest BCUT2D eigenvalue weighted by atomic mass is 32.1. The van der Waals surface area contributed by atoms with Crippen LogP contribution in [0.5, 0.6) is 5.75 Å². The third-order valence-electron chi connectivity index (χ3n) is 2.67. The van der Waals surface area contributed by atoms with Gasteiger partial charge in [-0.2, -0.15) is 17.5 Å². The van der Waals surface area contributed by atoms with Crippen LogP contribution in [0.3, 0.4) is 0 Å². The molecule has 0 aliphatic rings. The lowest BCUT2D eigenvalue weighted by molar-refractivity contribution is -0.216. The quantitative estimate of drug-likeness (QED) is 0.944. The first kappa shape index (κ1) is 13.9. The number of hydrogen-bond acceptors (Lipinski definition) is 5. The molecule has 0 aliphatic heterocycles. The molecule has 0 aliphatic carbocycles. The molecule has 1 heterocycles. The largest absolute Gasteiger partial charge is 0.496 e. The summed E-state index contributed by atoms with van der Waals surface area (Å²) in [4.78, 5) is 0. The molecule has 104 valence electrons. The fourth-order valence-corrected chi connectivity index (χ4v) is 2.61. The van der Waals surface area contributed by atoms with Gasteiger partial charge in [0.05, 0.1) is 17.2 Å². The van der Waals surface area contributed by atoms with E-state index < -0.39 is 12.3 Å². The normalized spacial score (nSPS) is 13.7. The molecule has 2 rings (SSSR count). The standard InChI is InChI=1S/C11H11F3N2O2S/c1-17-8-5(9(18-2)11(12,13)14)3-4-6-7(8)10(15)16-19-6/h3-4,9H,1-2H3,(H2,15,16). The first-order valence-corrected chi connectivity index (χ1v) is 5.98. The van der Waals surface area contributed by atoms with Gasteiger partial charge in [-0.25, -0.2) is 0 Å². The van der Waals surface area contributed by atoms with E-state index in [0.29, 0.717) is 10.1 Å².